The van der Waals surface area contributed by atoms with Crippen molar-refractivity contribution >= 4 is 27.5 Å². The van der Waals surface area contributed by atoms with Crippen LogP contribution in [0.3, 0.4) is 0 Å². The molecule has 0 spiro atoms. The SMILES string of the molecule is COc1nccnc1O[C@@H]1CCCN(C(=O)c2nc3ccccc3s2)C1. The lowest BCUT2D eigenvalue weighted by Gasteiger charge is -2.32. The monoisotopic (exact) mass is 370 g/mol. The third-order valence-corrected chi connectivity index (χ3v) is 5.27. The van der Waals surface area contributed by atoms with Gasteiger partial charge in [0.1, 0.15) is 6.10 Å². The third kappa shape index (κ3) is 3.32. The standard InChI is InChI=1S/C18H18N4O3S/c1-24-15-16(20-9-8-19-15)25-12-5-4-10-22(11-12)18(23)17-21-13-6-2-3-7-14(13)26-17/h2-3,6-9,12H,4-5,10-11H2,1H3/t12-/m1/s1. The molecule has 4 rings (SSSR count). The summed E-state index contributed by atoms with van der Waals surface area (Å²) in [6.45, 7) is 1.20. The van der Waals surface area contributed by atoms with E-state index in [9.17, 15) is 4.79 Å². The van der Waals surface area contributed by atoms with Gasteiger partial charge in [-0.3, -0.25) is 4.79 Å². The Hall–Kier alpha value is -2.74. The molecule has 8 heteroatoms. The van der Waals surface area contributed by atoms with E-state index in [0.29, 0.717) is 29.9 Å². The van der Waals surface area contributed by atoms with Gasteiger partial charge in [-0.15, -0.1) is 11.3 Å². The summed E-state index contributed by atoms with van der Waals surface area (Å²) < 4.78 is 12.1. The number of thiazole rings is 1. The minimum Gasteiger partial charge on any atom is -0.477 e. The van der Waals surface area contributed by atoms with Crippen molar-refractivity contribution in [3.63, 3.8) is 0 Å². The van der Waals surface area contributed by atoms with Crippen molar-refractivity contribution in [2.45, 2.75) is 18.9 Å². The number of fused-ring (bicyclic) bond motifs is 1. The van der Waals surface area contributed by atoms with Crippen LogP contribution in [-0.2, 0) is 0 Å². The van der Waals surface area contributed by atoms with Gasteiger partial charge in [0, 0.05) is 18.9 Å². The maximum absolute atomic E-state index is 12.9. The summed E-state index contributed by atoms with van der Waals surface area (Å²) in [7, 11) is 1.53. The first kappa shape index (κ1) is 16.7. The number of ether oxygens (including phenoxy) is 2. The van der Waals surface area contributed by atoms with E-state index in [1.165, 1.54) is 18.4 Å². The van der Waals surface area contributed by atoms with Gasteiger partial charge in [-0.2, -0.15) is 0 Å². The molecule has 7 nitrogen and oxygen atoms in total. The van der Waals surface area contributed by atoms with Crippen molar-refractivity contribution in [3.8, 4) is 11.8 Å². The van der Waals surface area contributed by atoms with Crippen LogP contribution in [-0.4, -0.2) is 52.1 Å². The Morgan fingerprint density at radius 1 is 1.23 bits per heavy atom. The van der Waals surface area contributed by atoms with Gasteiger partial charge in [0.25, 0.3) is 17.7 Å². The number of rotatable bonds is 4. The van der Waals surface area contributed by atoms with E-state index in [1.807, 2.05) is 24.3 Å². The van der Waals surface area contributed by atoms with Crippen molar-refractivity contribution in [2.24, 2.45) is 0 Å². The maximum atomic E-state index is 12.9. The highest BCUT2D eigenvalue weighted by Gasteiger charge is 2.28. The van der Waals surface area contributed by atoms with Crippen LogP contribution in [0.5, 0.6) is 11.8 Å². The number of hydrogen-bond donors (Lipinski definition) is 0. The Balaban J connectivity index is 1.48. The fourth-order valence-corrected chi connectivity index (χ4v) is 3.94. The summed E-state index contributed by atoms with van der Waals surface area (Å²) >= 11 is 1.42. The van der Waals surface area contributed by atoms with Gasteiger partial charge in [-0.05, 0) is 25.0 Å². The Kier molecular flexibility index (Phi) is 4.66. The lowest BCUT2D eigenvalue weighted by molar-refractivity contribution is 0.0519. The van der Waals surface area contributed by atoms with Crippen molar-refractivity contribution in [1.82, 2.24) is 19.9 Å². The number of nitrogens with zero attached hydrogens (tertiary/aromatic N) is 4. The summed E-state index contributed by atoms with van der Waals surface area (Å²) in [5, 5.41) is 0.518. The second kappa shape index (κ2) is 7.25. The molecule has 1 atom stereocenters. The quantitative estimate of drug-likeness (QED) is 0.703. The maximum Gasteiger partial charge on any atom is 0.282 e. The second-order valence-corrected chi connectivity index (χ2v) is 7.02. The predicted molar refractivity (Wildman–Crippen MR) is 97.8 cm³/mol. The normalized spacial score (nSPS) is 17.3. The van der Waals surface area contributed by atoms with E-state index >= 15 is 0 Å². The zero-order valence-corrected chi connectivity index (χ0v) is 15.1. The molecule has 2 aromatic heterocycles. The second-order valence-electron chi connectivity index (χ2n) is 5.99. The number of likely N-dealkylation sites (tertiary alicyclic amines) is 1. The van der Waals surface area contributed by atoms with Crippen LogP contribution >= 0.6 is 11.3 Å². The Morgan fingerprint density at radius 3 is 2.85 bits per heavy atom. The molecule has 1 aliphatic heterocycles. The third-order valence-electron chi connectivity index (χ3n) is 4.25. The molecule has 0 bridgehead atoms. The number of carbonyl (C=O) groups excluding carboxylic acids is 1. The number of piperidine rings is 1. The van der Waals surface area contributed by atoms with Crippen LogP contribution in [0.25, 0.3) is 10.2 Å². The van der Waals surface area contributed by atoms with Gasteiger partial charge in [-0.25, -0.2) is 15.0 Å². The minimum atomic E-state index is -0.146. The number of aromatic nitrogens is 3. The largest absolute Gasteiger partial charge is 0.477 e. The first-order valence-electron chi connectivity index (χ1n) is 8.41. The smallest absolute Gasteiger partial charge is 0.282 e. The lowest BCUT2D eigenvalue weighted by atomic mass is 10.1. The Labute approximate surface area is 154 Å². The molecular weight excluding hydrogens is 352 g/mol. The van der Waals surface area contributed by atoms with E-state index in [2.05, 4.69) is 15.0 Å². The molecule has 0 N–H and O–H groups in total. The average molecular weight is 370 g/mol. The van der Waals surface area contributed by atoms with Gasteiger partial charge < -0.3 is 14.4 Å². The number of amides is 1. The van der Waals surface area contributed by atoms with Crippen LogP contribution in [0.2, 0.25) is 0 Å². The number of hydrogen-bond acceptors (Lipinski definition) is 7. The molecule has 3 heterocycles. The van der Waals surface area contributed by atoms with Crippen molar-refractivity contribution in [2.75, 3.05) is 20.2 Å². The summed E-state index contributed by atoms with van der Waals surface area (Å²) in [4.78, 5) is 27.4. The average Bonchev–Trinajstić information content (AvgIpc) is 3.12. The molecule has 1 fully saturated rings. The fourth-order valence-electron chi connectivity index (χ4n) is 3.01. The minimum absolute atomic E-state index is 0.0504. The van der Waals surface area contributed by atoms with Gasteiger partial charge in [0.15, 0.2) is 5.01 Å². The number of carbonyl (C=O) groups is 1. The summed E-state index contributed by atoms with van der Waals surface area (Å²) in [6, 6.07) is 7.78. The van der Waals surface area contributed by atoms with Crippen LogP contribution in [0.15, 0.2) is 36.7 Å². The fraction of sp³-hybridized carbons (Fsp3) is 0.333. The summed E-state index contributed by atoms with van der Waals surface area (Å²) in [6.07, 6.45) is 4.68. The first-order chi connectivity index (χ1) is 12.7. The van der Waals surface area contributed by atoms with Crippen LogP contribution in [0.4, 0.5) is 0 Å². The molecule has 0 saturated carbocycles. The van der Waals surface area contributed by atoms with Crippen molar-refractivity contribution in [1.29, 1.82) is 0 Å². The molecule has 3 aromatic rings. The van der Waals surface area contributed by atoms with Gasteiger partial charge >= 0.3 is 0 Å². The number of para-hydroxylation sites is 1. The van der Waals surface area contributed by atoms with E-state index in [-0.39, 0.29) is 12.0 Å². The highest BCUT2D eigenvalue weighted by molar-refractivity contribution is 7.20. The van der Waals surface area contributed by atoms with Crippen LogP contribution in [0.1, 0.15) is 22.6 Å². The zero-order chi connectivity index (χ0) is 17.9. The molecule has 134 valence electrons. The van der Waals surface area contributed by atoms with Gasteiger partial charge in [-0.1, -0.05) is 12.1 Å². The van der Waals surface area contributed by atoms with Gasteiger partial charge in [0.2, 0.25) is 0 Å². The van der Waals surface area contributed by atoms with Gasteiger partial charge in [0.05, 0.1) is 23.9 Å². The van der Waals surface area contributed by atoms with E-state index in [0.717, 1.165) is 23.1 Å². The van der Waals surface area contributed by atoms with Crippen LogP contribution in [0, 0.1) is 0 Å². The summed E-state index contributed by atoms with van der Waals surface area (Å²) in [5.41, 5.74) is 0.856. The molecule has 1 saturated heterocycles. The molecule has 1 aromatic carbocycles. The Morgan fingerprint density at radius 2 is 2.04 bits per heavy atom. The predicted octanol–water partition coefficient (Wildman–Crippen LogP) is 2.78. The molecular formula is C18H18N4O3S. The first-order valence-corrected chi connectivity index (χ1v) is 9.23. The van der Waals surface area contributed by atoms with Crippen molar-refractivity contribution < 1.29 is 14.3 Å². The van der Waals surface area contributed by atoms with E-state index in [1.54, 1.807) is 17.3 Å². The summed E-state index contributed by atoms with van der Waals surface area (Å²) in [5.74, 6) is 0.655. The van der Waals surface area contributed by atoms with E-state index in [4.69, 9.17) is 9.47 Å². The molecule has 0 aliphatic carbocycles. The zero-order valence-electron chi connectivity index (χ0n) is 14.3. The van der Waals surface area contributed by atoms with E-state index < -0.39 is 0 Å². The molecule has 1 aliphatic rings. The Bertz CT molecular complexity index is 896. The highest BCUT2D eigenvalue weighted by Crippen LogP contribution is 2.26. The number of benzene rings is 1. The number of methoxy groups -OCH3 is 1. The van der Waals surface area contributed by atoms with Crippen molar-refractivity contribution in [3.05, 3.63) is 41.7 Å². The van der Waals surface area contributed by atoms with Crippen LogP contribution < -0.4 is 9.47 Å². The molecule has 0 radical (unpaired) electrons. The highest BCUT2D eigenvalue weighted by atomic mass is 32.1. The molecule has 1 amide bonds. The molecule has 26 heavy (non-hydrogen) atoms. The molecule has 0 unspecified atom stereocenters. The topological polar surface area (TPSA) is 77.4 Å². The lowest BCUT2D eigenvalue weighted by Crippen LogP contribution is -2.44.